The first-order chi connectivity index (χ1) is 12.3. The molecular weight excluding hydrogens is 459 g/mol. The Morgan fingerprint density at radius 2 is 2.27 bits per heavy atom. The Morgan fingerprint density at radius 1 is 1.50 bits per heavy atom. The first-order valence-electron chi connectivity index (χ1n) is 9.21. The summed E-state index contributed by atoms with van der Waals surface area (Å²) in [6, 6.07) is 4.68. The summed E-state index contributed by atoms with van der Waals surface area (Å²) in [5.74, 6) is 0.987. The number of morpholine rings is 1. The van der Waals surface area contributed by atoms with E-state index in [2.05, 4.69) is 53.2 Å². The third kappa shape index (κ3) is 7.54. The number of halogens is 1. The van der Waals surface area contributed by atoms with Crippen molar-refractivity contribution in [2.45, 2.75) is 25.8 Å². The van der Waals surface area contributed by atoms with E-state index in [1.54, 1.807) is 0 Å². The Balaban J connectivity index is 0.00000338. The summed E-state index contributed by atoms with van der Waals surface area (Å²) in [5, 5.41) is 5.58. The molecule has 1 aromatic rings. The maximum absolute atomic E-state index is 5.52. The van der Waals surface area contributed by atoms with E-state index in [0.717, 1.165) is 64.7 Å². The first kappa shape index (κ1) is 23.4. The van der Waals surface area contributed by atoms with Crippen LogP contribution in [0.2, 0.25) is 0 Å². The lowest BCUT2D eigenvalue weighted by Crippen LogP contribution is -2.42. The molecule has 1 unspecified atom stereocenters. The Bertz CT molecular complexity index is 518. The molecule has 1 aliphatic heterocycles. The minimum atomic E-state index is 0. The van der Waals surface area contributed by atoms with Crippen LogP contribution in [-0.4, -0.2) is 68.7 Å². The average molecular weight is 492 g/mol. The number of hydrogen-bond acceptors (Lipinski definition) is 4. The molecule has 0 radical (unpaired) electrons. The lowest BCUT2D eigenvalue weighted by molar-refractivity contribution is 0.0186. The quantitative estimate of drug-likeness (QED) is 0.188. The van der Waals surface area contributed by atoms with Crippen LogP contribution < -0.4 is 5.32 Å². The molecule has 0 amide bonds. The Labute approximate surface area is 179 Å². The molecule has 1 aromatic heterocycles. The van der Waals surface area contributed by atoms with E-state index >= 15 is 0 Å². The molecule has 0 saturated carbocycles. The molecular formula is C19H33IN4OS. The average Bonchev–Trinajstić information content (AvgIpc) is 3.16. The van der Waals surface area contributed by atoms with Crippen molar-refractivity contribution in [2.24, 2.45) is 4.99 Å². The highest BCUT2D eigenvalue weighted by Crippen LogP contribution is 2.26. The second-order valence-corrected chi connectivity index (χ2v) is 7.21. The Kier molecular flexibility index (Phi) is 12.2. The largest absolute Gasteiger partial charge is 0.379 e. The van der Waals surface area contributed by atoms with E-state index in [0.29, 0.717) is 6.04 Å². The second kappa shape index (κ2) is 13.5. The Hall–Kier alpha value is -0.640. The molecule has 1 atom stereocenters. The van der Waals surface area contributed by atoms with Crippen molar-refractivity contribution in [3.8, 4) is 0 Å². The van der Waals surface area contributed by atoms with Gasteiger partial charge in [-0.2, -0.15) is 0 Å². The molecule has 0 bridgehead atoms. The van der Waals surface area contributed by atoms with Gasteiger partial charge in [0, 0.05) is 38.1 Å². The van der Waals surface area contributed by atoms with Crippen LogP contribution in [0.5, 0.6) is 0 Å². The maximum Gasteiger partial charge on any atom is 0.193 e. The third-order valence-corrected chi connectivity index (χ3v) is 5.34. The summed E-state index contributed by atoms with van der Waals surface area (Å²) in [7, 11) is 2.11. The van der Waals surface area contributed by atoms with Gasteiger partial charge < -0.3 is 15.0 Å². The van der Waals surface area contributed by atoms with Gasteiger partial charge in [0.05, 0.1) is 25.8 Å². The fourth-order valence-electron chi connectivity index (χ4n) is 2.98. The number of unbranched alkanes of at least 4 members (excludes halogenated alkanes) is 1. The zero-order chi connectivity index (χ0) is 17.9. The standard InChI is InChI=1S/C19H32N4OS.HI/c1-4-6-7-10-22(3)19(20-5-2)21-16-17(18-9-8-15-25-18)23-11-13-24-14-12-23;/h4,8-9,15,17H,1,5-7,10-14,16H2,2-3H3,(H,20,21);1H. The summed E-state index contributed by atoms with van der Waals surface area (Å²) < 4.78 is 5.52. The van der Waals surface area contributed by atoms with Crippen LogP contribution in [0.3, 0.4) is 0 Å². The highest BCUT2D eigenvalue weighted by atomic mass is 127. The molecule has 0 aliphatic carbocycles. The number of guanidine groups is 1. The topological polar surface area (TPSA) is 40.1 Å². The summed E-state index contributed by atoms with van der Waals surface area (Å²) in [4.78, 5) is 11.1. The summed E-state index contributed by atoms with van der Waals surface area (Å²) in [6.07, 6.45) is 4.11. The fraction of sp³-hybridized carbons (Fsp3) is 0.632. The van der Waals surface area contributed by atoms with Gasteiger partial charge in [-0.15, -0.1) is 41.9 Å². The highest BCUT2D eigenvalue weighted by Gasteiger charge is 2.23. The summed E-state index contributed by atoms with van der Waals surface area (Å²) in [6.45, 7) is 12.1. The van der Waals surface area contributed by atoms with Crippen LogP contribution in [0, 0.1) is 0 Å². The molecule has 148 valence electrons. The molecule has 1 fully saturated rings. The van der Waals surface area contributed by atoms with Crippen molar-refractivity contribution in [1.82, 2.24) is 15.1 Å². The number of aliphatic imine (C=N–C) groups is 1. The van der Waals surface area contributed by atoms with Gasteiger partial charge in [-0.3, -0.25) is 9.89 Å². The second-order valence-electron chi connectivity index (χ2n) is 6.23. The smallest absolute Gasteiger partial charge is 0.193 e. The zero-order valence-corrected chi connectivity index (χ0v) is 19.2. The summed E-state index contributed by atoms with van der Waals surface area (Å²) >= 11 is 1.82. The SMILES string of the molecule is C=CCCCN(C)C(=NCC(c1cccs1)N1CCOCC1)NCC.I. The first-order valence-corrected chi connectivity index (χ1v) is 10.1. The van der Waals surface area contributed by atoms with Crippen molar-refractivity contribution in [2.75, 3.05) is 53.0 Å². The van der Waals surface area contributed by atoms with Crippen LogP contribution >= 0.6 is 35.3 Å². The number of allylic oxidation sites excluding steroid dienone is 1. The predicted molar refractivity (Wildman–Crippen MR) is 123 cm³/mol. The van der Waals surface area contributed by atoms with Gasteiger partial charge in [-0.25, -0.2) is 0 Å². The number of hydrogen-bond donors (Lipinski definition) is 1. The van der Waals surface area contributed by atoms with Crippen molar-refractivity contribution < 1.29 is 4.74 Å². The molecule has 2 heterocycles. The van der Waals surface area contributed by atoms with Crippen molar-refractivity contribution in [3.05, 3.63) is 35.0 Å². The monoisotopic (exact) mass is 492 g/mol. The van der Waals surface area contributed by atoms with Gasteiger partial charge in [0.2, 0.25) is 0 Å². The van der Waals surface area contributed by atoms with E-state index in [1.165, 1.54) is 4.88 Å². The lowest BCUT2D eigenvalue weighted by atomic mass is 10.2. The normalized spacial score (nSPS) is 16.6. The minimum Gasteiger partial charge on any atom is -0.379 e. The maximum atomic E-state index is 5.52. The van der Waals surface area contributed by atoms with Gasteiger partial charge in [0.25, 0.3) is 0 Å². The Morgan fingerprint density at radius 3 is 2.88 bits per heavy atom. The molecule has 1 saturated heterocycles. The van der Waals surface area contributed by atoms with E-state index in [9.17, 15) is 0 Å². The molecule has 7 heteroatoms. The van der Waals surface area contributed by atoms with Crippen molar-refractivity contribution in [1.29, 1.82) is 0 Å². The number of nitrogens with one attached hydrogen (secondary N) is 1. The minimum absolute atomic E-state index is 0. The van der Waals surface area contributed by atoms with Crippen LogP contribution in [0.4, 0.5) is 0 Å². The van der Waals surface area contributed by atoms with E-state index in [-0.39, 0.29) is 24.0 Å². The molecule has 2 rings (SSSR count). The van der Waals surface area contributed by atoms with Gasteiger partial charge >= 0.3 is 0 Å². The molecule has 0 spiro atoms. The molecule has 26 heavy (non-hydrogen) atoms. The predicted octanol–water partition coefficient (Wildman–Crippen LogP) is 3.60. The number of rotatable bonds is 9. The van der Waals surface area contributed by atoms with Crippen LogP contribution in [0.15, 0.2) is 35.2 Å². The van der Waals surface area contributed by atoms with Crippen LogP contribution in [0.25, 0.3) is 0 Å². The van der Waals surface area contributed by atoms with Gasteiger partial charge in [-0.05, 0) is 31.2 Å². The van der Waals surface area contributed by atoms with Crippen molar-refractivity contribution >= 4 is 41.3 Å². The lowest BCUT2D eigenvalue weighted by Gasteiger charge is -2.33. The van der Waals surface area contributed by atoms with Crippen molar-refractivity contribution in [3.63, 3.8) is 0 Å². The van der Waals surface area contributed by atoms with E-state index in [1.807, 2.05) is 17.4 Å². The third-order valence-electron chi connectivity index (χ3n) is 4.37. The molecule has 0 aromatic carbocycles. The fourth-order valence-corrected chi connectivity index (χ4v) is 3.83. The van der Waals surface area contributed by atoms with Crippen LogP contribution in [-0.2, 0) is 4.74 Å². The van der Waals surface area contributed by atoms with Gasteiger partial charge in [0.15, 0.2) is 5.96 Å². The highest BCUT2D eigenvalue weighted by molar-refractivity contribution is 14.0. The molecule has 1 aliphatic rings. The van der Waals surface area contributed by atoms with Gasteiger partial charge in [-0.1, -0.05) is 12.1 Å². The zero-order valence-electron chi connectivity index (χ0n) is 16.0. The molecule has 5 nitrogen and oxygen atoms in total. The van der Waals surface area contributed by atoms with E-state index in [4.69, 9.17) is 9.73 Å². The van der Waals surface area contributed by atoms with Gasteiger partial charge in [0.1, 0.15) is 0 Å². The number of nitrogens with zero attached hydrogens (tertiary/aromatic N) is 3. The molecule has 1 N–H and O–H groups in total. The summed E-state index contributed by atoms with van der Waals surface area (Å²) in [5.41, 5.74) is 0. The van der Waals surface area contributed by atoms with E-state index < -0.39 is 0 Å². The number of thiophene rings is 1. The number of ether oxygens (including phenoxy) is 1. The van der Waals surface area contributed by atoms with Crippen LogP contribution in [0.1, 0.15) is 30.7 Å².